The van der Waals surface area contributed by atoms with Crippen molar-refractivity contribution in [3.8, 4) is 0 Å². The third-order valence-electron chi connectivity index (χ3n) is 3.16. The Kier molecular flexibility index (Phi) is 5.00. The SMILES string of the molecule is Cl.N[C@H]1CCN(S(=O)(=O)N2CCCCC2)C1. The molecule has 0 aliphatic carbocycles. The Labute approximate surface area is 104 Å². The van der Waals surface area contributed by atoms with E-state index in [1.54, 1.807) is 4.31 Å². The largest absolute Gasteiger partial charge is 0.326 e. The molecule has 5 nitrogen and oxygen atoms in total. The van der Waals surface area contributed by atoms with Gasteiger partial charge in [-0.1, -0.05) is 6.42 Å². The van der Waals surface area contributed by atoms with Crippen LogP contribution >= 0.6 is 12.4 Å². The summed E-state index contributed by atoms with van der Waals surface area (Å²) in [5.41, 5.74) is 5.73. The summed E-state index contributed by atoms with van der Waals surface area (Å²) < 4.78 is 27.4. The minimum Gasteiger partial charge on any atom is -0.326 e. The molecule has 16 heavy (non-hydrogen) atoms. The van der Waals surface area contributed by atoms with Crippen LogP contribution in [0.3, 0.4) is 0 Å². The molecule has 2 heterocycles. The fraction of sp³-hybridized carbons (Fsp3) is 1.00. The number of piperidine rings is 1. The lowest BCUT2D eigenvalue weighted by Crippen LogP contribution is -2.45. The second kappa shape index (κ2) is 5.64. The third-order valence-corrected chi connectivity index (χ3v) is 5.16. The Morgan fingerprint density at radius 1 is 1.00 bits per heavy atom. The van der Waals surface area contributed by atoms with Crippen molar-refractivity contribution in [2.75, 3.05) is 26.2 Å². The molecule has 0 aromatic heterocycles. The quantitative estimate of drug-likeness (QED) is 0.777. The zero-order valence-electron chi connectivity index (χ0n) is 9.34. The Morgan fingerprint density at radius 3 is 2.12 bits per heavy atom. The fourth-order valence-electron chi connectivity index (χ4n) is 2.22. The topological polar surface area (TPSA) is 66.6 Å². The number of hydrogen-bond donors (Lipinski definition) is 1. The van der Waals surface area contributed by atoms with E-state index in [1.165, 1.54) is 4.31 Å². The molecular formula is C9H20ClN3O2S. The molecular weight excluding hydrogens is 250 g/mol. The van der Waals surface area contributed by atoms with Gasteiger partial charge in [-0.15, -0.1) is 12.4 Å². The van der Waals surface area contributed by atoms with E-state index in [0.717, 1.165) is 25.7 Å². The monoisotopic (exact) mass is 269 g/mol. The number of nitrogens with two attached hydrogens (primary N) is 1. The van der Waals surface area contributed by atoms with E-state index in [-0.39, 0.29) is 18.4 Å². The molecule has 0 spiro atoms. The first-order valence-electron chi connectivity index (χ1n) is 5.61. The Morgan fingerprint density at radius 2 is 1.62 bits per heavy atom. The van der Waals surface area contributed by atoms with Crippen molar-refractivity contribution in [2.45, 2.75) is 31.7 Å². The van der Waals surface area contributed by atoms with Crippen molar-refractivity contribution in [1.29, 1.82) is 0 Å². The van der Waals surface area contributed by atoms with Crippen LogP contribution < -0.4 is 5.73 Å². The van der Waals surface area contributed by atoms with E-state index in [4.69, 9.17) is 5.73 Å². The molecule has 0 bridgehead atoms. The van der Waals surface area contributed by atoms with Crippen LogP contribution in [0.25, 0.3) is 0 Å². The van der Waals surface area contributed by atoms with Gasteiger partial charge in [0.25, 0.3) is 10.2 Å². The summed E-state index contributed by atoms with van der Waals surface area (Å²) in [6, 6.07) is 0.0181. The van der Waals surface area contributed by atoms with Gasteiger partial charge >= 0.3 is 0 Å². The molecule has 1 atom stereocenters. The van der Waals surface area contributed by atoms with Crippen molar-refractivity contribution < 1.29 is 8.42 Å². The van der Waals surface area contributed by atoms with Crippen molar-refractivity contribution in [3.63, 3.8) is 0 Å². The molecule has 0 aromatic carbocycles. The highest BCUT2D eigenvalue weighted by molar-refractivity contribution is 7.86. The number of hydrogen-bond acceptors (Lipinski definition) is 3. The second-order valence-electron chi connectivity index (χ2n) is 4.37. The summed E-state index contributed by atoms with van der Waals surface area (Å²) in [6.45, 7) is 2.42. The average molecular weight is 270 g/mol. The van der Waals surface area contributed by atoms with Gasteiger partial charge in [0.1, 0.15) is 0 Å². The average Bonchev–Trinajstić information content (AvgIpc) is 2.67. The molecule has 0 aromatic rings. The molecule has 0 radical (unpaired) electrons. The highest BCUT2D eigenvalue weighted by Crippen LogP contribution is 2.19. The van der Waals surface area contributed by atoms with Crippen LogP contribution in [-0.2, 0) is 10.2 Å². The molecule has 2 N–H and O–H groups in total. The molecule has 96 valence electrons. The van der Waals surface area contributed by atoms with Crippen molar-refractivity contribution in [3.05, 3.63) is 0 Å². The highest BCUT2D eigenvalue weighted by Gasteiger charge is 2.34. The van der Waals surface area contributed by atoms with E-state index < -0.39 is 10.2 Å². The van der Waals surface area contributed by atoms with Gasteiger partial charge in [0.15, 0.2) is 0 Å². The van der Waals surface area contributed by atoms with E-state index in [2.05, 4.69) is 0 Å². The van der Waals surface area contributed by atoms with Gasteiger partial charge in [-0.3, -0.25) is 0 Å². The van der Waals surface area contributed by atoms with Gasteiger partial charge in [0.05, 0.1) is 0 Å². The number of nitrogens with zero attached hydrogens (tertiary/aromatic N) is 2. The molecule has 2 fully saturated rings. The van der Waals surface area contributed by atoms with Crippen LogP contribution in [0.2, 0.25) is 0 Å². The Bertz CT molecular complexity index is 306. The van der Waals surface area contributed by atoms with Crippen LogP contribution in [0.5, 0.6) is 0 Å². The summed E-state index contributed by atoms with van der Waals surface area (Å²) in [6.07, 6.45) is 3.90. The fourth-order valence-corrected chi connectivity index (χ4v) is 3.98. The standard InChI is InChI=1S/C9H19N3O2S.ClH/c10-9-4-7-12(8-9)15(13,14)11-5-2-1-3-6-11;/h9H,1-8,10H2;1H/t9-;/m0./s1. The smallest absolute Gasteiger partial charge is 0.282 e. The van der Waals surface area contributed by atoms with Crippen molar-refractivity contribution in [2.24, 2.45) is 5.73 Å². The highest BCUT2D eigenvalue weighted by atomic mass is 35.5. The summed E-state index contributed by atoms with van der Waals surface area (Å²) in [5, 5.41) is 0. The van der Waals surface area contributed by atoms with E-state index >= 15 is 0 Å². The van der Waals surface area contributed by atoms with Gasteiger partial charge in [0, 0.05) is 32.2 Å². The van der Waals surface area contributed by atoms with Crippen molar-refractivity contribution >= 4 is 22.6 Å². The normalized spacial score (nSPS) is 28.9. The second-order valence-corrected chi connectivity index (χ2v) is 6.30. The van der Waals surface area contributed by atoms with Gasteiger partial charge in [0.2, 0.25) is 0 Å². The molecule has 2 rings (SSSR count). The predicted molar refractivity (Wildman–Crippen MR) is 65.8 cm³/mol. The first-order valence-corrected chi connectivity index (χ1v) is 7.01. The van der Waals surface area contributed by atoms with Crippen LogP contribution in [0.4, 0.5) is 0 Å². The van der Waals surface area contributed by atoms with E-state index in [1.807, 2.05) is 0 Å². The third kappa shape index (κ3) is 2.87. The van der Waals surface area contributed by atoms with Gasteiger partial charge in [-0.05, 0) is 19.3 Å². The van der Waals surface area contributed by atoms with Crippen molar-refractivity contribution in [1.82, 2.24) is 8.61 Å². The van der Waals surface area contributed by atoms with Crippen LogP contribution in [0.15, 0.2) is 0 Å². The lowest BCUT2D eigenvalue weighted by atomic mass is 10.2. The molecule has 2 aliphatic heterocycles. The molecule has 0 unspecified atom stereocenters. The maximum absolute atomic E-state index is 12.1. The molecule has 2 aliphatic rings. The van der Waals surface area contributed by atoms with Gasteiger partial charge in [-0.2, -0.15) is 17.0 Å². The van der Waals surface area contributed by atoms with Gasteiger partial charge in [-0.25, -0.2) is 0 Å². The predicted octanol–water partition coefficient (Wildman–Crippen LogP) is 0.172. The summed E-state index contributed by atoms with van der Waals surface area (Å²) in [7, 11) is -3.21. The number of rotatable bonds is 2. The Hall–Kier alpha value is 0.120. The summed E-state index contributed by atoms with van der Waals surface area (Å²) in [5.74, 6) is 0. The lowest BCUT2D eigenvalue weighted by Gasteiger charge is -2.29. The van der Waals surface area contributed by atoms with E-state index in [0.29, 0.717) is 26.2 Å². The van der Waals surface area contributed by atoms with Gasteiger partial charge < -0.3 is 5.73 Å². The molecule has 2 saturated heterocycles. The Balaban J connectivity index is 0.00000128. The minimum atomic E-state index is -3.21. The lowest BCUT2D eigenvalue weighted by molar-refractivity contribution is 0.315. The van der Waals surface area contributed by atoms with Crippen LogP contribution in [-0.4, -0.2) is 49.2 Å². The zero-order chi connectivity index (χ0) is 10.9. The zero-order valence-corrected chi connectivity index (χ0v) is 11.0. The van der Waals surface area contributed by atoms with Crippen LogP contribution in [0.1, 0.15) is 25.7 Å². The summed E-state index contributed by atoms with van der Waals surface area (Å²) in [4.78, 5) is 0. The maximum atomic E-state index is 12.1. The first-order chi connectivity index (χ1) is 7.10. The molecule has 0 amide bonds. The minimum absolute atomic E-state index is 0. The maximum Gasteiger partial charge on any atom is 0.282 e. The van der Waals surface area contributed by atoms with Crippen LogP contribution in [0, 0.1) is 0 Å². The van der Waals surface area contributed by atoms with E-state index in [9.17, 15) is 8.42 Å². The molecule has 7 heteroatoms. The first kappa shape index (κ1) is 14.2. The summed E-state index contributed by atoms with van der Waals surface area (Å²) >= 11 is 0. The number of halogens is 1. The molecule has 0 saturated carbocycles.